The fourth-order valence-corrected chi connectivity index (χ4v) is 0.252. The van der Waals surface area contributed by atoms with Crippen LogP contribution in [0.3, 0.4) is 0 Å². The van der Waals surface area contributed by atoms with E-state index in [2.05, 4.69) is 0 Å². The highest BCUT2D eigenvalue weighted by Gasteiger charge is 2.10. The van der Waals surface area contributed by atoms with Gasteiger partial charge in [0.15, 0.2) is 0 Å². The second kappa shape index (κ2) is 2.21. The van der Waals surface area contributed by atoms with Gasteiger partial charge in [0.25, 0.3) is 0 Å². The minimum Gasteiger partial charge on any atom is -0.324 e. The molecule has 0 aromatic heterocycles. The zero-order chi connectivity index (χ0) is 5.91. The van der Waals surface area contributed by atoms with E-state index in [0.29, 0.717) is 0 Å². The van der Waals surface area contributed by atoms with E-state index in [9.17, 15) is 9.36 Å². The van der Waals surface area contributed by atoms with Crippen molar-refractivity contribution < 1.29 is 19.1 Å². The summed E-state index contributed by atoms with van der Waals surface area (Å²) < 4.78 is 9.66. The Labute approximate surface area is 40.3 Å². The van der Waals surface area contributed by atoms with Crippen molar-refractivity contribution in [2.75, 3.05) is 6.16 Å². The first-order chi connectivity index (χ1) is 3.06. The standard InChI is InChI=1S/C2H4O4P/c3-1-2-7(4,5)6/h2H2,(H2,4,5,6). The molecular formula is C2H4O4P. The summed E-state index contributed by atoms with van der Waals surface area (Å²) in [5, 5.41) is 0. The number of carbonyl (C=O) groups excluding carboxylic acids is 1. The van der Waals surface area contributed by atoms with Crippen LogP contribution in [0.2, 0.25) is 0 Å². The van der Waals surface area contributed by atoms with Crippen molar-refractivity contribution in [1.29, 1.82) is 0 Å². The van der Waals surface area contributed by atoms with Gasteiger partial charge in [-0.25, -0.2) is 0 Å². The molecule has 0 spiro atoms. The van der Waals surface area contributed by atoms with E-state index < -0.39 is 13.8 Å². The molecule has 0 aliphatic rings. The van der Waals surface area contributed by atoms with Crippen LogP contribution in [0, 0.1) is 0 Å². The first kappa shape index (κ1) is 6.82. The average Bonchev–Trinajstić information content (AvgIpc) is 1.30. The third-order valence-corrected chi connectivity index (χ3v) is 0.812. The second-order valence-electron chi connectivity index (χ2n) is 0.967. The largest absolute Gasteiger partial charge is 0.333 e. The van der Waals surface area contributed by atoms with Gasteiger partial charge in [0.1, 0.15) is 6.16 Å². The summed E-state index contributed by atoms with van der Waals surface area (Å²) in [6, 6.07) is 0. The molecule has 5 heteroatoms. The monoisotopic (exact) mass is 123 g/mol. The van der Waals surface area contributed by atoms with Crippen molar-refractivity contribution in [2.24, 2.45) is 0 Å². The van der Waals surface area contributed by atoms with Crippen LogP contribution in [0.1, 0.15) is 0 Å². The molecule has 0 aliphatic carbocycles. The van der Waals surface area contributed by atoms with Crippen molar-refractivity contribution in [3.8, 4) is 0 Å². The van der Waals surface area contributed by atoms with E-state index >= 15 is 0 Å². The van der Waals surface area contributed by atoms with E-state index in [4.69, 9.17) is 9.79 Å². The van der Waals surface area contributed by atoms with Crippen LogP contribution in [0.15, 0.2) is 0 Å². The third kappa shape index (κ3) is 5.82. The minimum absolute atomic E-state index is 0.799. The Morgan fingerprint density at radius 3 is 2.00 bits per heavy atom. The summed E-state index contributed by atoms with van der Waals surface area (Å²) in [5.41, 5.74) is 0. The molecule has 7 heavy (non-hydrogen) atoms. The summed E-state index contributed by atoms with van der Waals surface area (Å²) in [4.78, 5) is 24.9. The third-order valence-electron chi connectivity index (χ3n) is 0.271. The summed E-state index contributed by atoms with van der Waals surface area (Å²) >= 11 is 0. The van der Waals surface area contributed by atoms with E-state index in [1.54, 1.807) is 0 Å². The molecule has 0 aliphatic heterocycles. The molecule has 41 valence electrons. The fraction of sp³-hybridized carbons (Fsp3) is 0.500. The summed E-state index contributed by atoms with van der Waals surface area (Å²) in [6.45, 7) is 0. The Morgan fingerprint density at radius 1 is 1.57 bits per heavy atom. The first-order valence-electron chi connectivity index (χ1n) is 1.46. The summed E-state index contributed by atoms with van der Waals surface area (Å²) in [5.74, 6) is 0. The molecule has 2 N–H and O–H groups in total. The minimum atomic E-state index is -4.09. The predicted octanol–water partition coefficient (Wildman–Crippen LogP) is -0.726. The van der Waals surface area contributed by atoms with Gasteiger partial charge in [-0.15, -0.1) is 0 Å². The summed E-state index contributed by atoms with van der Waals surface area (Å²) in [6.07, 6.45) is 0.296. The molecule has 0 saturated heterocycles. The van der Waals surface area contributed by atoms with Crippen LogP contribution in [-0.2, 0) is 9.36 Å². The predicted molar refractivity (Wildman–Crippen MR) is 22.6 cm³/mol. The Bertz CT molecular complexity index is 102. The number of rotatable bonds is 2. The first-order valence-corrected chi connectivity index (χ1v) is 3.25. The lowest BCUT2D eigenvalue weighted by Crippen LogP contribution is -1.85. The van der Waals surface area contributed by atoms with Gasteiger partial charge in [-0.1, -0.05) is 0 Å². The SMILES string of the molecule is O=[C]CP(=O)(O)O. The highest BCUT2D eigenvalue weighted by molar-refractivity contribution is 7.52. The van der Waals surface area contributed by atoms with E-state index in [1.807, 2.05) is 0 Å². The average molecular weight is 123 g/mol. The van der Waals surface area contributed by atoms with Gasteiger partial charge in [-0.3, -0.25) is 9.36 Å². The van der Waals surface area contributed by atoms with Crippen LogP contribution in [0.25, 0.3) is 0 Å². The maximum Gasteiger partial charge on any atom is 0.333 e. The van der Waals surface area contributed by atoms with Crippen LogP contribution in [-0.4, -0.2) is 22.2 Å². The lowest BCUT2D eigenvalue weighted by atomic mass is 10.9. The van der Waals surface area contributed by atoms with E-state index in [1.165, 1.54) is 0 Å². The molecule has 0 aromatic rings. The quantitative estimate of drug-likeness (QED) is 0.475. The molecule has 0 amide bonds. The Kier molecular flexibility index (Phi) is 2.15. The smallest absolute Gasteiger partial charge is 0.324 e. The molecule has 0 heterocycles. The van der Waals surface area contributed by atoms with Crippen molar-refractivity contribution in [1.82, 2.24) is 0 Å². The van der Waals surface area contributed by atoms with Gasteiger partial charge in [0, 0.05) is 0 Å². The molecule has 0 rings (SSSR count). The lowest BCUT2D eigenvalue weighted by Gasteiger charge is -1.91. The zero-order valence-corrected chi connectivity index (χ0v) is 4.26. The highest BCUT2D eigenvalue weighted by atomic mass is 31.2. The highest BCUT2D eigenvalue weighted by Crippen LogP contribution is 2.31. The van der Waals surface area contributed by atoms with Gasteiger partial charge in [0.05, 0.1) is 0 Å². The van der Waals surface area contributed by atoms with Crippen molar-refractivity contribution in [2.45, 2.75) is 0 Å². The Balaban J connectivity index is 3.57. The van der Waals surface area contributed by atoms with Gasteiger partial charge >= 0.3 is 7.60 Å². The van der Waals surface area contributed by atoms with Crippen LogP contribution in [0.4, 0.5) is 0 Å². The molecule has 0 fully saturated rings. The molecule has 4 nitrogen and oxygen atoms in total. The van der Waals surface area contributed by atoms with Crippen molar-refractivity contribution >= 4 is 13.9 Å². The molecule has 1 radical (unpaired) electrons. The maximum atomic E-state index is 9.66. The van der Waals surface area contributed by atoms with Crippen molar-refractivity contribution in [3.05, 3.63) is 0 Å². The van der Waals surface area contributed by atoms with Crippen LogP contribution < -0.4 is 0 Å². The molecule has 0 bridgehead atoms. The number of hydrogen-bond donors (Lipinski definition) is 2. The Hall–Kier alpha value is -0.180. The van der Waals surface area contributed by atoms with Gasteiger partial charge < -0.3 is 9.79 Å². The van der Waals surface area contributed by atoms with E-state index in [0.717, 1.165) is 6.29 Å². The van der Waals surface area contributed by atoms with Crippen LogP contribution >= 0.6 is 7.60 Å². The molecule has 0 aromatic carbocycles. The van der Waals surface area contributed by atoms with Gasteiger partial charge in [-0.2, -0.15) is 0 Å². The van der Waals surface area contributed by atoms with E-state index in [-0.39, 0.29) is 0 Å². The van der Waals surface area contributed by atoms with Gasteiger partial charge in [0.2, 0.25) is 6.29 Å². The lowest BCUT2D eigenvalue weighted by molar-refractivity contribution is 0.377. The zero-order valence-electron chi connectivity index (χ0n) is 3.37. The molecule has 0 saturated carbocycles. The molecule has 0 atom stereocenters. The van der Waals surface area contributed by atoms with Gasteiger partial charge in [-0.05, 0) is 0 Å². The summed E-state index contributed by atoms with van der Waals surface area (Å²) in [7, 11) is -4.09. The normalized spacial score (nSPS) is 11.1. The second-order valence-corrected chi connectivity index (χ2v) is 2.61. The Morgan fingerprint density at radius 2 is 2.00 bits per heavy atom. The molecule has 0 unspecified atom stereocenters. The van der Waals surface area contributed by atoms with Crippen LogP contribution in [0.5, 0.6) is 0 Å². The van der Waals surface area contributed by atoms with Crippen molar-refractivity contribution in [3.63, 3.8) is 0 Å². The number of hydrogen-bond acceptors (Lipinski definition) is 2. The topological polar surface area (TPSA) is 74.6 Å². The maximum absolute atomic E-state index is 9.66. The fourth-order valence-electron chi connectivity index (χ4n) is 0.0841. The molecular weight excluding hydrogens is 119 g/mol.